The van der Waals surface area contributed by atoms with Crippen molar-refractivity contribution in [3.63, 3.8) is 0 Å². The van der Waals surface area contributed by atoms with E-state index < -0.39 is 10.0 Å². The Morgan fingerprint density at radius 2 is 2.00 bits per heavy atom. The van der Waals surface area contributed by atoms with E-state index in [0.717, 1.165) is 25.1 Å². The van der Waals surface area contributed by atoms with E-state index in [4.69, 9.17) is 0 Å². The molecule has 3 rings (SSSR count). The number of hydrogen-bond donors (Lipinski definition) is 2. The van der Waals surface area contributed by atoms with E-state index in [1.807, 2.05) is 0 Å². The van der Waals surface area contributed by atoms with Gasteiger partial charge in [-0.15, -0.1) is 0 Å². The van der Waals surface area contributed by atoms with Crippen molar-refractivity contribution in [1.29, 1.82) is 0 Å². The normalized spacial score (nSPS) is 25.8. The van der Waals surface area contributed by atoms with Crippen molar-refractivity contribution in [2.24, 2.45) is 5.92 Å². The van der Waals surface area contributed by atoms with E-state index in [9.17, 15) is 13.2 Å². The predicted molar refractivity (Wildman–Crippen MR) is 88.8 cm³/mol. The quantitative estimate of drug-likeness (QED) is 0.862. The van der Waals surface area contributed by atoms with Gasteiger partial charge in [0.05, 0.1) is 4.90 Å². The van der Waals surface area contributed by atoms with Gasteiger partial charge in [-0.25, -0.2) is 13.1 Å². The largest absolute Gasteiger partial charge is 0.315 e. The molecule has 0 bridgehead atoms. The van der Waals surface area contributed by atoms with Crippen LogP contribution in [0.15, 0.2) is 29.2 Å². The standard InChI is InChI=1S/C16H23N3O3S/c1-12-8-9-17-11-15(12)18-23(21,22)14-6-4-13(5-7-14)19-10-2-3-16(19)20/h4-7,12,15,17-18H,2-3,8-11H2,1H3. The Labute approximate surface area is 137 Å². The van der Waals surface area contributed by atoms with Gasteiger partial charge in [-0.1, -0.05) is 6.92 Å². The number of nitrogens with one attached hydrogen (secondary N) is 2. The number of piperidine rings is 1. The molecular formula is C16H23N3O3S. The highest BCUT2D eigenvalue weighted by Crippen LogP contribution is 2.23. The molecule has 7 heteroatoms. The van der Waals surface area contributed by atoms with Crippen LogP contribution in [-0.2, 0) is 14.8 Å². The molecule has 0 radical (unpaired) electrons. The summed E-state index contributed by atoms with van der Waals surface area (Å²) in [6.07, 6.45) is 2.38. The van der Waals surface area contributed by atoms with Gasteiger partial charge in [0.2, 0.25) is 15.9 Å². The summed E-state index contributed by atoms with van der Waals surface area (Å²) in [7, 11) is -3.54. The Balaban J connectivity index is 1.73. The molecule has 2 saturated heterocycles. The second-order valence-corrected chi connectivity index (χ2v) is 8.05. The molecule has 1 amide bonds. The Kier molecular flexibility index (Phi) is 4.70. The molecule has 2 aliphatic heterocycles. The van der Waals surface area contributed by atoms with Gasteiger partial charge in [0.25, 0.3) is 0 Å². The topological polar surface area (TPSA) is 78.5 Å². The number of anilines is 1. The van der Waals surface area contributed by atoms with Crippen LogP contribution in [0.1, 0.15) is 26.2 Å². The zero-order chi connectivity index (χ0) is 16.4. The fourth-order valence-corrected chi connectivity index (χ4v) is 4.49. The first-order chi connectivity index (χ1) is 11.0. The molecule has 2 aliphatic rings. The average Bonchev–Trinajstić information content (AvgIpc) is 2.96. The third-order valence-electron chi connectivity index (χ3n) is 4.67. The van der Waals surface area contributed by atoms with E-state index in [1.54, 1.807) is 29.2 Å². The second kappa shape index (κ2) is 6.59. The van der Waals surface area contributed by atoms with Crippen molar-refractivity contribution in [2.75, 3.05) is 24.5 Å². The molecule has 0 spiro atoms. The minimum Gasteiger partial charge on any atom is -0.315 e. The molecule has 2 unspecified atom stereocenters. The highest BCUT2D eigenvalue weighted by atomic mass is 32.2. The van der Waals surface area contributed by atoms with Crippen molar-refractivity contribution >= 4 is 21.6 Å². The number of benzene rings is 1. The van der Waals surface area contributed by atoms with Crippen LogP contribution in [0.4, 0.5) is 5.69 Å². The maximum absolute atomic E-state index is 12.5. The first kappa shape index (κ1) is 16.4. The molecule has 1 aromatic carbocycles. The molecule has 23 heavy (non-hydrogen) atoms. The van der Waals surface area contributed by atoms with Crippen LogP contribution in [0.2, 0.25) is 0 Å². The van der Waals surface area contributed by atoms with Crippen LogP contribution >= 0.6 is 0 Å². The van der Waals surface area contributed by atoms with Gasteiger partial charge in [0, 0.05) is 31.2 Å². The van der Waals surface area contributed by atoms with Crippen LogP contribution in [0.3, 0.4) is 0 Å². The number of hydrogen-bond acceptors (Lipinski definition) is 4. The predicted octanol–water partition coefficient (Wildman–Crippen LogP) is 1.09. The Morgan fingerprint density at radius 1 is 1.26 bits per heavy atom. The smallest absolute Gasteiger partial charge is 0.240 e. The summed E-state index contributed by atoms with van der Waals surface area (Å²) in [6.45, 7) is 4.35. The van der Waals surface area contributed by atoms with Crippen molar-refractivity contribution in [1.82, 2.24) is 10.0 Å². The summed E-state index contributed by atoms with van der Waals surface area (Å²) < 4.78 is 27.8. The van der Waals surface area contributed by atoms with Crippen LogP contribution in [0, 0.1) is 5.92 Å². The van der Waals surface area contributed by atoms with Gasteiger partial charge in [-0.05, 0) is 49.6 Å². The number of nitrogens with zero attached hydrogens (tertiary/aromatic N) is 1. The molecule has 2 fully saturated rings. The van der Waals surface area contributed by atoms with Crippen LogP contribution in [0.5, 0.6) is 0 Å². The first-order valence-electron chi connectivity index (χ1n) is 8.11. The first-order valence-corrected chi connectivity index (χ1v) is 9.59. The fraction of sp³-hybridized carbons (Fsp3) is 0.562. The van der Waals surface area contributed by atoms with Gasteiger partial charge in [-0.2, -0.15) is 0 Å². The molecule has 126 valence electrons. The maximum Gasteiger partial charge on any atom is 0.240 e. The van der Waals surface area contributed by atoms with Crippen LogP contribution in [-0.4, -0.2) is 40.0 Å². The lowest BCUT2D eigenvalue weighted by atomic mass is 9.96. The van der Waals surface area contributed by atoms with E-state index in [-0.39, 0.29) is 16.8 Å². The molecule has 0 aromatic heterocycles. The number of rotatable bonds is 4. The van der Waals surface area contributed by atoms with E-state index >= 15 is 0 Å². The van der Waals surface area contributed by atoms with Gasteiger partial charge < -0.3 is 10.2 Å². The second-order valence-electron chi connectivity index (χ2n) is 6.34. The molecule has 0 saturated carbocycles. The number of carbonyl (C=O) groups is 1. The zero-order valence-electron chi connectivity index (χ0n) is 13.3. The van der Waals surface area contributed by atoms with Crippen molar-refractivity contribution < 1.29 is 13.2 Å². The molecule has 1 aromatic rings. The molecule has 0 aliphatic carbocycles. The van der Waals surface area contributed by atoms with Gasteiger partial charge >= 0.3 is 0 Å². The average molecular weight is 337 g/mol. The number of amides is 1. The minimum atomic E-state index is -3.54. The monoisotopic (exact) mass is 337 g/mol. The molecular weight excluding hydrogens is 314 g/mol. The lowest BCUT2D eigenvalue weighted by Gasteiger charge is -2.30. The summed E-state index contributed by atoms with van der Waals surface area (Å²) in [6, 6.07) is 6.48. The lowest BCUT2D eigenvalue weighted by molar-refractivity contribution is -0.117. The van der Waals surface area contributed by atoms with Gasteiger partial charge in [-0.3, -0.25) is 4.79 Å². The highest BCUT2D eigenvalue weighted by molar-refractivity contribution is 7.89. The zero-order valence-corrected chi connectivity index (χ0v) is 14.1. The Hall–Kier alpha value is -1.44. The number of carbonyl (C=O) groups excluding carboxylic acids is 1. The van der Waals surface area contributed by atoms with Crippen molar-refractivity contribution in [2.45, 2.75) is 37.1 Å². The molecule has 2 N–H and O–H groups in total. The summed E-state index contributed by atoms with van der Waals surface area (Å²) in [5.74, 6) is 0.411. The Morgan fingerprint density at radius 3 is 2.61 bits per heavy atom. The third-order valence-corrected chi connectivity index (χ3v) is 6.17. The molecule has 6 nitrogen and oxygen atoms in total. The highest BCUT2D eigenvalue weighted by Gasteiger charge is 2.27. The Bertz CT molecular complexity index is 672. The van der Waals surface area contributed by atoms with E-state index in [1.165, 1.54) is 0 Å². The fourth-order valence-electron chi connectivity index (χ4n) is 3.14. The van der Waals surface area contributed by atoms with Crippen molar-refractivity contribution in [3.05, 3.63) is 24.3 Å². The van der Waals surface area contributed by atoms with Crippen molar-refractivity contribution in [3.8, 4) is 0 Å². The summed E-state index contributed by atoms with van der Waals surface area (Å²) in [4.78, 5) is 13.7. The van der Waals surface area contributed by atoms with Crippen LogP contribution < -0.4 is 14.9 Å². The third kappa shape index (κ3) is 3.57. The van der Waals surface area contributed by atoms with E-state index in [2.05, 4.69) is 17.0 Å². The van der Waals surface area contributed by atoms with Gasteiger partial charge in [0.1, 0.15) is 0 Å². The number of sulfonamides is 1. The summed E-state index contributed by atoms with van der Waals surface area (Å²) >= 11 is 0. The molecule has 2 heterocycles. The minimum absolute atomic E-state index is 0.0893. The summed E-state index contributed by atoms with van der Waals surface area (Å²) in [5.41, 5.74) is 0.763. The van der Waals surface area contributed by atoms with E-state index in [0.29, 0.717) is 25.4 Å². The SMILES string of the molecule is CC1CCNCC1NS(=O)(=O)c1ccc(N2CCCC2=O)cc1. The molecule has 2 atom stereocenters. The lowest BCUT2D eigenvalue weighted by Crippen LogP contribution is -2.50. The maximum atomic E-state index is 12.5. The van der Waals surface area contributed by atoms with Crippen LogP contribution in [0.25, 0.3) is 0 Å². The van der Waals surface area contributed by atoms with Gasteiger partial charge in [0.15, 0.2) is 0 Å². The summed E-state index contributed by atoms with van der Waals surface area (Å²) in [5, 5.41) is 3.22.